The molecule has 0 radical (unpaired) electrons. The summed E-state index contributed by atoms with van der Waals surface area (Å²) in [5.74, 6) is 1.35. The fraction of sp³-hybridized carbons (Fsp3) is 0.700. The first-order valence-electron chi connectivity index (χ1n) is 10.0. The monoisotopic (exact) mass is 394 g/mol. The lowest BCUT2D eigenvalue weighted by molar-refractivity contribution is -0.122. The van der Waals surface area contributed by atoms with Crippen molar-refractivity contribution in [3.05, 3.63) is 22.4 Å². The van der Waals surface area contributed by atoms with Gasteiger partial charge in [0.1, 0.15) is 5.60 Å². The average molecular weight is 395 g/mol. The molecular formula is C20H34N4O2S. The van der Waals surface area contributed by atoms with Gasteiger partial charge in [-0.1, -0.05) is 19.3 Å². The lowest BCUT2D eigenvalue weighted by Crippen LogP contribution is -2.42. The Kier molecular flexibility index (Phi) is 9.07. The summed E-state index contributed by atoms with van der Waals surface area (Å²) in [6, 6.07) is 1.92. The quantitative estimate of drug-likeness (QED) is 0.295. The number of thiophene rings is 1. The normalized spacial score (nSPS) is 18.0. The molecule has 27 heavy (non-hydrogen) atoms. The van der Waals surface area contributed by atoms with E-state index >= 15 is 0 Å². The number of nitrogens with zero attached hydrogens (tertiary/aromatic N) is 1. The van der Waals surface area contributed by atoms with E-state index in [4.69, 9.17) is 0 Å². The van der Waals surface area contributed by atoms with E-state index < -0.39 is 5.60 Å². The summed E-state index contributed by atoms with van der Waals surface area (Å²) in [7, 11) is 0. The number of aliphatic hydroxyl groups is 1. The van der Waals surface area contributed by atoms with Crippen molar-refractivity contribution in [1.29, 1.82) is 0 Å². The van der Waals surface area contributed by atoms with Crippen molar-refractivity contribution in [3.63, 3.8) is 0 Å². The second-order valence-corrected chi connectivity index (χ2v) is 8.25. The molecule has 6 nitrogen and oxygen atoms in total. The molecular weight excluding hydrogens is 360 g/mol. The Labute approximate surface area is 166 Å². The van der Waals surface area contributed by atoms with Crippen LogP contribution in [0.5, 0.6) is 0 Å². The third kappa shape index (κ3) is 7.89. The van der Waals surface area contributed by atoms with E-state index in [0.717, 1.165) is 12.1 Å². The highest BCUT2D eigenvalue weighted by atomic mass is 32.1. The number of hydrogen-bond donors (Lipinski definition) is 4. The largest absolute Gasteiger partial charge is 0.383 e. The van der Waals surface area contributed by atoms with Crippen molar-refractivity contribution < 1.29 is 9.90 Å². The minimum atomic E-state index is -0.990. The third-order valence-electron chi connectivity index (χ3n) is 4.97. The zero-order valence-corrected chi connectivity index (χ0v) is 17.4. The van der Waals surface area contributed by atoms with Gasteiger partial charge in [-0.15, -0.1) is 0 Å². The Balaban J connectivity index is 1.71. The molecule has 1 aliphatic carbocycles. The van der Waals surface area contributed by atoms with Crippen LogP contribution < -0.4 is 16.0 Å². The standard InChI is InChI=1S/C20H34N4O2S/c1-3-21-19(24-15-20(2,26)17-9-12-27-14-17)23-11-10-22-18(25)13-16-7-5-4-6-8-16/h9,12,14,16,26H,3-8,10-11,13,15H2,1-2H3,(H,22,25)(H2,21,23,24). The van der Waals surface area contributed by atoms with Crippen LogP contribution in [0.2, 0.25) is 0 Å². The molecule has 2 rings (SSSR count). The van der Waals surface area contributed by atoms with Gasteiger partial charge < -0.3 is 21.1 Å². The molecule has 0 spiro atoms. The maximum atomic E-state index is 12.1. The van der Waals surface area contributed by atoms with Gasteiger partial charge in [-0.2, -0.15) is 11.3 Å². The van der Waals surface area contributed by atoms with Gasteiger partial charge in [0.05, 0.1) is 6.54 Å². The molecule has 1 saturated carbocycles. The predicted molar refractivity (Wildman–Crippen MR) is 112 cm³/mol. The average Bonchev–Trinajstić information content (AvgIpc) is 3.20. The maximum absolute atomic E-state index is 12.1. The molecule has 1 fully saturated rings. The van der Waals surface area contributed by atoms with Gasteiger partial charge in [-0.3, -0.25) is 4.79 Å². The number of nitrogens with one attached hydrogen (secondary N) is 3. The number of carbonyl (C=O) groups is 1. The van der Waals surface area contributed by atoms with Gasteiger partial charge in [0.15, 0.2) is 5.96 Å². The van der Waals surface area contributed by atoms with Gasteiger partial charge in [-0.25, -0.2) is 4.99 Å². The van der Waals surface area contributed by atoms with Crippen molar-refractivity contribution in [3.8, 4) is 0 Å². The number of amides is 1. The number of hydrogen-bond acceptors (Lipinski definition) is 4. The number of aliphatic imine (C=N–C) groups is 1. The predicted octanol–water partition coefficient (Wildman–Crippen LogP) is 2.60. The van der Waals surface area contributed by atoms with Gasteiger partial charge in [0.2, 0.25) is 5.91 Å². The highest BCUT2D eigenvalue weighted by molar-refractivity contribution is 7.08. The van der Waals surface area contributed by atoms with Crippen LogP contribution in [0.3, 0.4) is 0 Å². The van der Waals surface area contributed by atoms with E-state index in [1.807, 2.05) is 23.8 Å². The Morgan fingerprint density at radius 2 is 2.00 bits per heavy atom. The Morgan fingerprint density at radius 1 is 1.26 bits per heavy atom. The van der Waals surface area contributed by atoms with Crippen LogP contribution in [0.25, 0.3) is 0 Å². The minimum Gasteiger partial charge on any atom is -0.383 e. The van der Waals surface area contributed by atoms with Crippen LogP contribution in [-0.2, 0) is 10.4 Å². The van der Waals surface area contributed by atoms with Crippen molar-refractivity contribution in [2.45, 2.75) is 58.0 Å². The van der Waals surface area contributed by atoms with Gasteiger partial charge >= 0.3 is 0 Å². The van der Waals surface area contributed by atoms with Crippen molar-refractivity contribution in [2.24, 2.45) is 10.9 Å². The Bertz CT molecular complexity index is 581. The van der Waals surface area contributed by atoms with Crippen molar-refractivity contribution in [2.75, 3.05) is 26.2 Å². The highest BCUT2D eigenvalue weighted by Crippen LogP contribution is 2.26. The molecule has 4 N–H and O–H groups in total. The molecule has 1 aromatic rings. The minimum absolute atomic E-state index is 0.144. The molecule has 7 heteroatoms. The summed E-state index contributed by atoms with van der Waals surface area (Å²) in [6.45, 7) is 5.95. The highest BCUT2D eigenvalue weighted by Gasteiger charge is 2.23. The zero-order chi connectivity index (χ0) is 19.5. The van der Waals surface area contributed by atoms with E-state index in [-0.39, 0.29) is 12.5 Å². The Morgan fingerprint density at radius 3 is 2.67 bits per heavy atom. The van der Waals surface area contributed by atoms with Crippen molar-refractivity contribution >= 4 is 23.2 Å². The first kappa shape index (κ1) is 21.7. The second-order valence-electron chi connectivity index (χ2n) is 7.47. The molecule has 1 heterocycles. The van der Waals surface area contributed by atoms with Gasteiger partial charge in [-0.05, 0) is 55.0 Å². The van der Waals surface area contributed by atoms with Crippen LogP contribution in [0, 0.1) is 5.92 Å². The van der Waals surface area contributed by atoms with E-state index in [0.29, 0.717) is 31.4 Å². The van der Waals surface area contributed by atoms with E-state index in [1.165, 1.54) is 32.1 Å². The summed E-state index contributed by atoms with van der Waals surface area (Å²) < 4.78 is 0. The molecule has 1 amide bonds. The molecule has 0 aliphatic heterocycles. The number of carbonyl (C=O) groups excluding carboxylic acids is 1. The van der Waals surface area contributed by atoms with Crippen molar-refractivity contribution in [1.82, 2.24) is 16.0 Å². The molecule has 0 bridgehead atoms. The van der Waals surface area contributed by atoms with Crippen LogP contribution in [0.15, 0.2) is 21.8 Å². The Hall–Kier alpha value is -1.60. The molecule has 1 atom stereocenters. The second kappa shape index (κ2) is 11.3. The summed E-state index contributed by atoms with van der Waals surface area (Å²) in [5, 5.41) is 23.8. The first-order valence-corrected chi connectivity index (χ1v) is 11.0. The molecule has 0 aromatic carbocycles. The number of guanidine groups is 1. The molecule has 152 valence electrons. The topological polar surface area (TPSA) is 85.8 Å². The summed E-state index contributed by atoms with van der Waals surface area (Å²) in [5.41, 5.74) is -0.113. The van der Waals surface area contributed by atoms with Crippen LogP contribution in [0.1, 0.15) is 57.9 Å². The fourth-order valence-corrected chi connectivity index (χ4v) is 4.13. The molecule has 1 aliphatic rings. The number of rotatable bonds is 9. The lowest BCUT2D eigenvalue weighted by atomic mass is 9.87. The van der Waals surface area contributed by atoms with Crippen LogP contribution in [-0.4, -0.2) is 43.2 Å². The lowest BCUT2D eigenvalue weighted by Gasteiger charge is -2.21. The zero-order valence-electron chi connectivity index (χ0n) is 16.6. The summed E-state index contributed by atoms with van der Waals surface area (Å²) >= 11 is 1.56. The van der Waals surface area contributed by atoms with Crippen LogP contribution in [0.4, 0.5) is 0 Å². The van der Waals surface area contributed by atoms with Crippen LogP contribution >= 0.6 is 11.3 Å². The SMILES string of the molecule is CCNC(=NCC(C)(O)c1ccsc1)NCCNC(=O)CC1CCCCC1. The summed E-state index contributed by atoms with van der Waals surface area (Å²) in [6.07, 6.45) is 6.86. The smallest absolute Gasteiger partial charge is 0.220 e. The molecule has 1 aromatic heterocycles. The summed E-state index contributed by atoms with van der Waals surface area (Å²) in [4.78, 5) is 16.5. The van der Waals surface area contributed by atoms with E-state index in [1.54, 1.807) is 18.3 Å². The molecule has 0 saturated heterocycles. The maximum Gasteiger partial charge on any atom is 0.220 e. The fourth-order valence-electron chi connectivity index (χ4n) is 3.35. The van der Waals surface area contributed by atoms with E-state index in [9.17, 15) is 9.90 Å². The van der Waals surface area contributed by atoms with E-state index in [2.05, 4.69) is 20.9 Å². The first-order chi connectivity index (χ1) is 13.0. The van der Waals surface area contributed by atoms with Gasteiger partial charge in [0.25, 0.3) is 0 Å². The third-order valence-corrected chi connectivity index (χ3v) is 5.65. The van der Waals surface area contributed by atoms with Gasteiger partial charge in [0, 0.05) is 26.1 Å². The molecule has 1 unspecified atom stereocenters.